The molecule has 0 N–H and O–H groups in total. The highest BCUT2D eigenvalue weighted by atomic mass is 35.5. The standard InChI is InChI=1S/C7H9Cl2NO2/c1-4(11)7-5(2-8)6(3-9)12-10-7/h5-6H,2-3H2,1H3. The first-order valence-electron chi connectivity index (χ1n) is 3.57. The summed E-state index contributed by atoms with van der Waals surface area (Å²) in [4.78, 5) is 15.9. The number of carbonyl (C=O) groups excluding carboxylic acids is 1. The van der Waals surface area contributed by atoms with Crippen LogP contribution in [-0.4, -0.2) is 29.4 Å². The highest BCUT2D eigenvalue weighted by molar-refractivity contribution is 6.41. The summed E-state index contributed by atoms with van der Waals surface area (Å²) in [7, 11) is 0. The molecule has 2 unspecified atom stereocenters. The summed E-state index contributed by atoms with van der Waals surface area (Å²) in [6.45, 7) is 1.44. The molecule has 0 bridgehead atoms. The van der Waals surface area contributed by atoms with Gasteiger partial charge in [0, 0.05) is 12.8 Å². The number of hydrogen-bond donors (Lipinski definition) is 0. The smallest absolute Gasteiger partial charge is 0.177 e. The zero-order valence-corrected chi connectivity index (χ0v) is 8.10. The van der Waals surface area contributed by atoms with Gasteiger partial charge in [0.05, 0.1) is 11.8 Å². The van der Waals surface area contributed by atoms with Crippen LogP contribution in [0.1, 0.15) is 6.92 Å². The Morgan fingerprint density at radius 3 is 2.67 bits per heavy atom. The predicted octanol–water partition coefficient (Wildman–Crippen LogP) is 1.42. The van der Waals surface area contributed by atoms with E-state index in [2.05, 4.69) is 5.16 Å². The van der Waals surface area contributed by atoms with E-state index in [1.165, 1.54) is 6.92 Å². The van der Waals surface area contributed by atoms with E-state index in [4.69, 9.17) is 28.0 Å². The van der Waals surface area contributed by atoms with E-state index >= 15 is 0 Å². The zero-order valence-electron chi connectivity index (χ0n) is 6.59. The van der Waals surface area contributed by atoms with Crippen LogP contribution < -0.4 is 0 Å². The molecule has 1 rings (SSSR count). The van der Waals surface area contributed by atoms with Gasteiger partial charge in [-0.15, -0.1) is 23.2 Å². The third-order valence-electron chi connectivity index (χ3n) is 1.77. The van der Waals surface area contributed by atoms with Crippen molar-refractivity contribution in [2.45, 2.75) is 13.0 Å². The van der Waals surface area contributed by atoms with Crippen molar-refractivity contribution in [3.63, 3.8) is 0 Å². The highest BCUT2D eigenvalue weighted by Crippen LogP contribution is 2.21. The van der Waals surface area contributed by atoms with Crippen molar-refractivity contribution in [3.8, 4) is 0 Å². The quantitative estimate of drug-likeness (QED) is 0.660. The Morgan fingerprint density at radius 2 is 2.25 bits per heavy atom. The molecule has 68 valence electrons. The fraction of sp³-hybridized carbons (Fsp3) is 0.714. The summed E-state index contributed by atoms with van der Waals surface area (Å²) in [5.74, 6) is 0.364. The van der Waals surface area contributed by atoms with Crippen molar-refractivity contribution < 1.29 is 9.63 Å². The molecule has 3 nitrogen and oxygen atoms in total. The minimum absolute atomic E-state index is 0.103. The number of Topliss-reactive ketones (excluding diaryl/α,β-unsaturated/α-hetero) is 1. The average molecular weight is 210 g/mol. The molecule has 0 aliphatic carbocycles. The third kappa shape index (κ3) is 1.72. The largest absolute Gasteiger partial charge is 0.390 e. The molecule has 1 heterocycles. The van der Waals surface area contributed by atoms with Crippen LogP contribution in [0.25, 0.3) is 0 Å². The molecule has 0 aromatic heterocycles. The van der Waals surface area contributed by atoms with E-state index in [1.807, 2.05) is 0 Å². The summed E-state index contributed by atoms with van der Waals surface area (Å²) in [5, 5.41) is 3.64. The van der Waals surface area contributed by atoms with Crippen molar-refractivity contribution in [2.24, 2.45) is 11.1 Å². The number of oxime groups is 1. The molecule has 0 amide bonds. The molecule has 2 atom stereocenters. The van der Waals surface area contributed by atoms with Crippen molar-refractivity contribution >= 4 is 34.7 Å². The van der Waals surface area contributed by atoms with Gasteiger partial charge in [-0.05, 0) is 0 Å². The highest BCUT2D eigenvalue weighted by Gasteiger charge is 2.35. The topological polar surface area (TPSA) is 38.7 Å². The van der Waals surface area contributed by atoms with Crippen LogP contribution in [0.5, 0.6) is 0 Å². The first kappa shape index (κ1) is 9.81. The SMILES string of the molecule is CC(=O)C1=NOC(CCl)C1CCl. The maximum absolute atomic E-state index is 11.0. The summed E-state index contributed by atoms with van der Waals surface area (Å²) < 4.78 is 0. The Bertz CT molecular complexity index is 217. The fourth-order valence-electron chi connectivity index (χ4n) is 1.08. The van der Waals surface area contributed by atoms with Gasteiger partial charge in [-0.1, -0.05) is 5.16 Å². The molecule has 5 heteroatoms. The summed E-state index contributed by atoms with van der Waals surface area (Å²) in [5.41, 5.74) is 0.399. The van der Waals surface area contributed by atoms with Gasteiger partial charge in [0.2, 0.25) is 0 Å². The molecule has 0 saturated heterocycles. The van der Waals surface area contributed by atoms with E-state index in [0.29, 0.717) is 17.5 Å². The third-order valence-corrected chi connectivity index (χ3v) is 2.40. The Hall–Kier alpha value is -0.280. The van der Waals surface area contributed by atoms with Gasteiger partial charge in [-0.2, -0.15) is 0 Å². The lowest BCUT2D eigenvalue weighted by Crippen LogP contribution is -2.29. The lowest BCUT2D eigenvalue weighted by Gasteiger charge is -2.11. The monoisotopic (exact) mass is 209 g/mol. The van der Waals surface area contributed by atoms with Gasteiger partial charge in [-0.25, -0.2) is 0 Å². The van der Waals surface area contributed by atoms with Crippen LogP contribution in [0.2, 0.25) is 0 Å². The molecule has 0 fully saturated rings. The number of ketones is 1. The second-order valence-corrected chi connectivity index (χ2v) is 3.21. The number of halogens is 2. The number of hydrogen-bond acceptors (Lipinski definition) is 3. The van der Waals surface area contributed by atoms with Crippen LogP contribution in [0.3, 0.4) is 0 Å². The van der Waals surface area contributed by atoms with Gasteiger partial charge in [0.1, 0.15) is 5.71 Å². The van der Waals surface area contributed by atoms with Gasteiger partial charge in [0.25, 0.3) is 0 Å². The van der Waals surface area contributed by atoms with E-state index in [9.17, 15) is 4.79 Å². The number of carbonyl (C=O) groups is 1. The molecule has 0 spiro atoms. The Balaban J connectivity index is 2.71. The first-order valence-corrected chi connectivity index (χ1v) is 4.64. The van der Waals surface area contributed by atoms with Gasteiger partial charge < -0.3 is 4.84 Å². The lowest BCUT2D eigenvalue weighted by atomic mass is 9.98. The molecular formula is C7H9Cl2NO2. The summed E-state index contributed by atoms with van der Waals surface area (Å²) in [6.07, 6.45) is -0.247. The van der Waals surface area contributed by atoms with Crippen molar-refractivity contribution in [1.29, 1.82) is 0 Å². The summed E-state index contributed by atoms with van der Waals surface area (Å²) in [6, 6.07) is 0. The fourth-order valence-corrected chi connectivity index (χ4v) is 1.69. The van der Waals surface area contributed by atoms with Crippen LogP contribution in [0, 0.1) is 5.92 Å². The molecule has 12 heavy (non-hydrogen) atoms. The van der Waals surface area contributed by atoms with Crippen LogP contribution >= 0.6 is 23.2 Å². The minimum atomic E-state index is -0.247. The van der Waals surface area contributed by atoms with Crippen molar-refractivity contribution in [1.82, 2.24) is 0 Å². The van der Waals surface area contributed by atoms with Gasteiger partial charge in [0.15, 0.2) is 11.9 Å². The van der Waals surface area contributed by atoms with Gasteiger partial charge >= 0.3 is 0 Å². The lowest BCUT2D eigenvalue weighted by molar-refractivity contribution is -0.111. The predicted molar refractivity (Wildman–Crippen MR) is 47.9 cm³/mol. The van der Waals surface area contributed by atoms with Crippen molar-refractivity contribution in [2.75, 3.05) is 11.8 Å². The minimum Gasteiger partial charge on any atom is -0.390 e. The number of rotatable bonds is 3. The Morgan fingerprint density at radius 1 is 1.58 bits per heavy atom. The first-order chi connectivity index (χ1) is 5.70. The normalized spacial score (nSPS) is 28.1. The Labute approximate surface area is 80.7 Å². The number of nitrogens with zero attached hydrogens (tertiary/aromatic N) is 1. The molecule has 0 aromatic carbocycles. The molecular weight excluding hydrogens is 201 g/mol. The number of alkyl halides is 2. The average Bonchev–Trinajstić information content (AvgIpc) is 2.46. The van der Waals surface area contributed by atoms with E-state index in [-0.39, 0.29) is 17.8 Å². The molecule has 0 radical (unpaired) electrons. The maximum atomic E-state index is 11.0. The zero-order chi connectivity index (χ0) is 9.14. The van der Waals surface area contributed by atoms with E-state index < -0.39 is 0 Å². The summed E-state index contributed by atoms with van der Waals surface area (Å²) >= 11 is 11.2. The van der Waals surface area contributed by atoms with Crippen molar-refractivity contribution in [3.05, 3.63) is 0 Å². The molecule has 1 aliphatic heterocycles. The van der Waals surface area contributed by atoms with Crippen LogP contribution in [0.15, 0.2) is 5.16 Å². The Kier molecular flexibility index (Phi) is 3.35. The molecule has 0 saturated carbocycles. The van der Waals surface area contributed by atoms with Crippen LogP contribution in [-0.2, 0) is 9.63 Å². The van der Waals surface area contributed by atoms with Crippen LogP contribution in [0.4, 0.5) is 0 Å². The second-order valence-electron chi connectivity index (χ2n) is 2.59. The second kappa shape index (κ2) is 4.10. The molecule has 0 aromatic rings. The van der Waals surface area contributed by atoms with E-state index in [0.717, 1.165) is 0 Å². The van der Waals surface area contributed by atoms with Gasteiger partial charge in [-0.3, -0.25) is 4.79 Å². The maximum Gasteiger partial charge on any atom is 0.177 e. The molecule has 1 aliphatic rings. The van der Waals surface area contributed by atoms with E-state index in [1.54, 1.807) is 0 Å².